The highest BCUT2D eigenvalue weighted by molar-refractivity contribution is 5.97. The number of nitrogens with zero attached hydrogens (tertiary/aromatic N) is 4. The Kier molecular flexibility index (Phi) is 7.43. The predicted octanol–water partition coefficient (Wildman–Crippen LogP) is 2.66. The highest BCUT2D eigenvalue weighted by Crippen LogP contribution is 2.22. The smallest absolute Gasteiger partial charge is 0.387 e. The average Bonchev–Trinajstić information content (AvgIpc) is 3.07. The number of halogens is 2. The lowest BCUT2D eigenvalue weighted by atomic mass is 10.1. The molecule has 31 heavy (non-hydrogen) atoms. The van der Waals surface area contributed by atoms with Crippen LogP contribution < -0.4 is 10.1 Å². The number of alkyl halides is 2. The molecule has 0 aliphatic carbocycles. The first-order chi connectivity index (χ1) is 14.8. The molecule has 0 radical (unpaired) electrons. The van der Waals surface area contributed by atoms with E-state index in [1.165, 1.54) is 18.2 Å². The van der Waals surface area contributed by atoms with Gasteiger partial charge in [-0.2, -0.15) is 13.9 Å². The van der Waals surface area contributed by atoms with Crippen molar-refractivity contribution in [2.45, 2.75) is 33.4 Å². The lowest BCUT2D eigenvalue weighted by molar-refractivity contribution is -0.0503. The van der Waals surface area contributed by atoms with Crippen molar-refractivity contribution in [3.8, 4) is 5.75 Å². The van der Waals surface area contributed by atoms with E-state index in [2.05, 4.69) is 15.2 Å². The summed E-state index contributed by atoms with van der Waals surface area (Å²) in [5.74, 6) is -0.536. The lowest BCUT2D eigenvalue weighted by Crippen LogP contribution is -2.53. The van der Waals surface area contributed by atoms with Crippen LogP contribution in [0.25, 0.3) is 0 Å². The van der Waals surface area contributed by atoms with Crippen molar-refractivity contribution in [2.24, 2.45) is 0 Å². The van der Waals surface area contributed by atoms with Crippen molar-refractivity contribution >= 4 is 11.9 Å². The molecule has 1 saturated heterocycles. The number of piperazine rings is 1. The van der Waals surface area contributed by atoms with E-state index in [9.17, 15) is 18.4 Å². The van der Waals surface area contributed by atoms with E-state index in [-0.39, 0.29) is 23.3 Å². The maximum atomic E-state index is 12.7. The highest BCUT2D eigenvalue weighted by atomic mass is 19.3. The second-order valence-electron chi connectivity index (χ2n) is 7.39. The Morgan fingerprint density at radius 1 is 1.13 bits per heavy atom. The predicted molar refractivity (Wildman–Crippen MR) is 110 cm³/mol. The molecule has 1 aliphatic heterocycles. The van der Waals surface area contributed by atoms with Crippen LogP contribution in [-0.2, 0) is 6.54 Å². The summed E-state index contributed by atoms with van der Waals surface area (Å²) in [6.07, 6.45) is 0.757. The largest absolute Gasteiger partial charge is 0.434 e. The Morgan fingerprint density at radius 2 is 1.81 bits per heavy atom. The molecular weight excluding hydrogens is 408 g/mol. The molecule has 0 spiro atoms. The molecule has 8 nitrogen and oxygen atoms in total. The van der Waals surface area contributed by atoms with Gasteiger partial charge in [0.15, 0.2) is 0 Å². The second-order valence-corrected chi connectivity index (χ2v) is 7.39. The van der Waals surface area contributed by atoms with Crippen LogP contribution in [0.15, 0.2) is 30.3 Å². The fourth-order valence-corrected chi connectivity index (χ4v) is 3.56. The Morgan fingerprint density at radius 3 is 2.45 bits per heavy atom. The Hall–Kier alpha value is -3.17. The number of rotatable bonds is 7. The van der Waals surface area contributed by atoms with Gasteiger partial charge < -0.3 is 19.9 Å². The number of urea groups is 1. The van der Waals surface area contributed by atoms with E-state index in [1.807, 2.05) is 24.6 Å². The van der Waals surface area contributed by atoms with Crippen LogP contribution in [0.1, 0.15) is 28.2 Å². The number of ether oxygens (including phenoxy) is 1. The number of aryl methyl sites for hydroxylation is 3. The normalized spacial score (nSPS) is 14.1. The molecule has 0 bridgehead atoms. The fourth-order valence-electron chi connectivity index (χ4n) is 3.56. The number of hydrogen-bond donors (Lipinski definition) is 1. The maximum absolute atomic E-state index is 12.7. The van der Waals surface area contributed by atoms with Crippen LogP contribution in [0.4, 0.5) is 13.6 Å². The molecule has 0 unspecified atom stereocenters. The van der Waals surface area contributed by atoms with Gasteiger partial charge in [-0.1, -0.05) is 12.1 Å². The first-order valence-electron chi connectivity index (χ1n) is 10.2. The second kappa shape index (κ2) is 10.2. The van der Waals surface area contributed by atoms with E-state index in [1.54, 1.807) is 15.9 Å². The molecule has 2 heterocycles. The molecule has 1 N–H and O–H groups in total. The first kappa shape index (κ1) is 22.5. The van der Waals surface area contributed by atoms with Crippen molar-refractivity contribution in [2.75, 3.05) is 32.7 Å². The van der Waals surface area contributed by atoms with Gasteiger partial charge in [0.1, 0.15) is 5.75 Å². The van der Waals surface area contributed by atoms with Gasteiger partial charge in [-0.3, -0.25) is 9.48 Å². The molecule has 1 aliphatic rings. The zero-order valence-electron chi connectivity index (χ0n) is 17.7. The molecule has 0 atom stereocenters. The van der Waals surface area contributed by atoms with Gasteiger partial charge in [-0.25, -0.2) is 4.79 Å². The molecule has 1 aromatic carbocycles. The van der Waals surface area contributed by atoms with Gasteiger partial charge in [0.2, 0.25) is 0 Å². The van der Waals surface area contributed by atoms with Crippen molar-refractivity contribution in [1.29, 1.82) is 0 Å². The number of carbonyl (C=O) groups excluding carboxylic acids is 2. The Balaban J connectivity index is 1.44. The minimum absolute atomic E-state index is 0.0878. The number of carbonyl (C=O) groups is 2. The lowest BCUT2D eigenvalue weighted by Gasteiger charge is -2.35. The number of aromatic nitrogens is 2. The fraction of sp³-hybridized carbons (Fsp3) is 0.476. The van der Waals surface area contributed by atoms with Gasteiger partial charge in [0.05, 0.1) is 11.3 Å². The topological polar surface area (TPSA) is 79.7 Å². The zero-order chi connectivity index (χ0) is 22.4. The standard InChI is InChI=1S/C21H27F2N5O3/c1-15-14-16(2)28(25-15)9-5-8-24-21(30)27-12-10-26(11-13-27)19(29)17-6-3-4-7-18(17)31-20(22)23/h3-4,6-7,14,20H,5,8-13H2,1-2H3,(H,24,30). The SMILES string of the molecule is Cc1cc(C)n(CCCNC(=O)N2CCN(C(=O)c3ccccc3OC(F)F)CC2)n1. The Labute approximate surface area is 179 Å². The van der Waals surface area contributed by atoms with E-state index < -0.39 is 6.61 Å². The summed E-state index contributed by atoms with van der Waals surface area (Å²) in [7, 11) is 0. The molecule has 168 valence electrons. The van der Waals surface area contributed by atoms with Crippen LogP contribution in [0.3, 0.4) is 0 Å². The quantitative estimate of drug-likeness (QED) is 0.679. The molecule has 0 saturated carbocycles. The molecule has 1 aromatic heterocycles. The van der Waals surface area contributed by atoms with Crippen LogP contribution in [0, 0.1) is 13.8 Å². The van der Waals surface area contributed by atoms with Gasteiger partial charge in [0, 0.05) is 45.0 Å². The summed E-state index contributed by atoms with van der Waals surface area (Å²) >= 11 is 0. The van der Waals surface area contributed by atoms with Crippen molar-refractivity contribution in [1.82, 2.24) is 24.9 Å². The molecule has 10 heteroatoms. The first-order valence-corrected chi connectivity index (χ1v) is 10.2. The summed E-state index contributed by atoms with van der Waals surface area (Å²) < 4.78 is 31.5. The van der Waals surface area contributed by atoms with Crippen LogP contribution >= 0.6 is 0 Å². The summed E-state index contributed by atoms with van der Waals surface area (Å²) in [6, 6.07) is 7.77. The van der Waals surface area contributed by atoms with Gasteiger partial charge in [0.25, 0.3) is 5.91 Å². The molecule has 3 amide bonds. The zero-order valence-corrected chi connectivity index (χ0v) is 17.7. The third-order valence-electron chi connectivity index (χ3n) is 5.11. The van der Waals surface area contributed by atoms with Gasteiger partial charge in [-0.05, 0) is 38.5 Å². The minimum atomic E-state index is -3.00. The average molecular weight is 435 g/mol. The molecule has 3 rings (SSSR count). The van der Waals surface area contributed by atoms with Crippen LogP contribution in [0.2, 0.25) is 0 Å². The van der Waals surface area contributed by atoms with Crippen molar-refractivity contribution < 1.29 is 23.1 Å². The summed E-state index contributed by atoms with van der Waals surface area (Å²) in [5, 5.41) is 7.29. The van der Waals surface area contributed by atoms with E-state index >= 15 is 0 Å². The number of amides is 3. The number of hydrogen-bond acceptors (Lipinski definition) is 4. The molecule has 2 aromatic rings. The van der Waals surface area contributed by atoms with E-state index in [4.69, 9.17) is 0 Å². The summed E-state index contributed by atoms with van der Waals surface area (Å²) in [5.41, 5.74) is 2.15. The number of nitrogens with one attached hydrogen (secondary N) is 1. The third-order valence-corrected chi connectivity index (χ3v) is 5.11. The van der Waals surface area contributed by atoms with Gasteiger partial charge in [-0.15, -0.1) is 0 Å². The number of para-hydroxylation sites is 1. The van der Waals surface area contributed by atoms with Crippen molar-refractivity contribution in [3.63, 3.8) is 0 Å². The van der Waals surface area contributed by atoms with E-state index in [0.29, 0.717) is 32.7 Å². The third kappa shape index (κ3) is 5.93. The minimum Gasteiger partial charge on any atom is -0.434 e. The van der Waals surface area contributed by atoms with Crippen molar-refractivity contribution in [3.05, 3.63) is 47.3 Å². The maximum Gasteiger partial charge on any atom is 0.387 e. The molecular formula is C21H27F2N5O3. The summed E-state index contributed by atoms with van der Waals surface area (Å²) in [6.45, 7) is 3.56. The van der Waals surface area contributed by atoms with Gasteiger partial charge >= 0.3 is 12.6 Å². The Bertz CT molecular complexity index is 910. The highest BCUT2D eigenvalue weighted by Gasteiger charge is 2.26. The summed E-state index contributed by atoms with van der Waals surface area (Å²) in [4.78, 5) is 28.3. The van der Waals surface area contributed by atoms with Crippen LogP contribution in [-0.4, -0.2) is 70.9 Å². The number of benzene rings is 1. The van der Waals surface area contributed by atoms with E-state index in [0.717, 1.165) is 24.4 Å². The molecule has 1 fully saturated rings. The monoisotopic (exact) mass is 435 g/mol. The van der Waals surface area contributed by atoms with Crippen LogP contribution in [0.5, 0.6) is 5.75 Å².